The standard InChI is InChI=1S/C17H16FNO5/c1-11-3-6-15(12(2)9-11)23-8-7-17(20)24-16-10-13(18)4-5-14(16)19(21)22/h3-6,9-10H,7-8H2,1-2H3. The molecule has 0 saturated carbocycles. The number of ether oxygens (including phenoxy) is 2. The van der Waals surface area contributed by atoms with E-state index in [9.17, 15) is 19.3 Å². The maximum absolute atomic E-state index is 13.2. The van der Waals surface area contributed by atoms with Gasteiger partial charge in [0.2, 0.25) is 5.75 Å². The Morgan fingerprint density at radius 2 is 1.92 bits per heavy atom. The van der Waals surface area contributed by atoms with Crippen LogP contribution in [0.3, 0.4) is 0 Å². The fourth-order valence-corrected chi connectivity index (χ4v) is 2.10. The normalized spacial score (nSPS) is 10.3. The van der Waals surface area contributed by atoms with Gasteiger partial charge in [0.25, 0.3) is 0 Å². The number of hydrogen-bond donors (Lipinski definition) is 0. The lowest BCUT2D eigenvalue weighted by molar-refractivity contribution is -0.385. The summed E-state index contributed by atoms with van der Waals surface area (Å²) in [7, 11) is 0. The number of carbonyl (C=O) groups is 1. The average Bonchev–Trinajstić information content (AvgIpc) is 2.49. The molecule has 0 saturated heterocycles. The van der Waals surface area contributed by atoms with E-state index in [1.807, 2.05) is 26.0 Å². The Kier molecular flexibility index (Phi) is 5.47. The molecule has 0 aliphatic rings. The number of nitrogens with zero attached hydrogens (tertiary/aromatic N) is 1. The smallest absolute Gasteiger partial charge is 0.314 e. The molecule has 0 amide bonds. The Hall–Kier alpha value is -2.96. The van der Waals surface area contributed by atoms with Crippen molar-refractivity contribution in [2.45, 2.75) is 20.3 Å². The van der Waals surface area contributed by atoms with E-state index in [1.165, 1.54) is 0 Å². The minimum atomic E-state index is -0.742. The summed E-state index contributed by atoms with van der Waals surface area (Å²) in [6, 6.07) is 8.32. The summed E-state index contributed by atoms with van der Waals surface area (Å²) in [4.78, 5) is 21.9. The van der Waals surface area contributed by atoms with Crippen molar-refractivity contribution in [1.82, 2.24) is 0 Å². The molecule has 0 spiro atoms. The molecule has 7 heteroatoms. The highest BCUT2D eigenvalue weighted by Gasteiger charge is 2.19. The highest BCUT2D eigenvalue weighted by atomic mass is 19.1. The number of aryl methyl sites for hydroxylation is 2. The van der Waals surface area contributed by atoms with E-state index in [4.69, 9.17) is 9.47 Å². The summed E-state index contributed by atoms with van der Waals surface area (Å²) in [6.45, 7) is 3.89. The summed E-state index contributed by atoms with van der Waals surface area (Å²) < 4.78 is 23.5. The number of carbonyl (C=O) groups excluding carboxylic acids is 1. The molecule has 0 unspecified atom stereocenters. The quantitative estimate of drug-likeness (QED) is 0.348. The molecule has 24 heavy (non-hydrogen) atoms. The fraction of sp³-hybridized carbons (Fsp3) is 0.235. The first kappa shape index (κ1) is 17.4. The van der Waals surface area contributed by atoms with Crippen LogP contribution >= 0.6 is 0 Å². The van der Waals surface area contributed by atoms with Gasteiger partial charge < -0.3 is 9.47 Å². The van der Waals surface area contributed by atoms with Crippen molar-refractivity contribution in [3.05, 3.63) is 63.5 Å². The maximum Gasteiger partial charge on any atom is 0.314 e. The van der Waals surface area contributed by atoms with Crippen molar-refractivity contribution in [2.24, 2.45) is 0 Å². The van der Waals surface area contributed by atoms with Gasteiger partial charge in [-0.2, -0.15) is 0 Å². The Labute approximate surface area is 138 Å². The summed E-state index contributed by atoms with van der Waals surface area (Å²) in [5.41, 5.74) is 1.56. The summed E-state index contributed by atoms with van der Waals surface area (Å²) in [5, 5.41) is 10.8. The van der Waals surface area contributed by atoms with Crippen LogP contribution in [0.2, 0.25) is 0 Å². The topological polar surface area (TPSA) is 78.7 Å². The van der Waals surface area contributed by atoms with Gasteiger partial charge in [-0.3, -0.25) is 14.9 Å². The molecule has 0 fully saturated rings. The third-order valence-corrected chi connectivity index (χ3v) is 3.24. The van der Waals surface area contributed by atoms with E-state index < -0.39 is 28.1 Å². The van der Waals surface area contributed by atoms with Gasteiger partial charge >= 0.3 is 11.7 Å². The molecule has 0 bridgehead atoms. The molecule has 2 aromatic carbocycles. The Bertz CT molecular complexity index is 776. The lowest BCUT2D eigenvalue weighted by Crippen LogP contribution is -2.13. The van der Waals surface area contributed by atoms with Gasteiger partial charge in [-0.05, 0) is 31.5 Å². The summed E-state index contributed by atoms with van der Waals surface area (Å²) >= 11 is 0. The van der Waals surface area contributed by atoms with Gasteiger partial charge in [0.05, 0.1) is 18.0 Å². The van der Waals surface area contributed by atoms with Gasteiger partial charge in [-0.15, -0.1) is 0 Å². The van der Waals surface area contributed by atoms with Crippen molar-refractivity contribution < 1.29 is 23.6 Å². The molecule has 0 heterocycles. The highest BCUT2D eigenvalue weighted by molar-refractivity contribution is 5.74. The zero-order valence-electron chi connectivity index (χ0n) is 13.2. The van der Waals surface area contributed by atoms with Crippen LogP contribution in [0.4, 0.5) is 10.1 Å². The van der Waals surface area contributed by atoms with Crippen molar-refractivity contribution in [3.8, 4) is 11.5 Å². The number of benzene rings is 2. The lowest BCUT2D eigenvalue weighted by Gasteiger charge is -2.09. The van der Waals surface area contributed by atoms with Crippen molar-refractivity contribution >= 4 is 11.7 Å². The predicted molar refractivity (Wildman–Crippen MR) is 84.7 cm³/mol. The Balaban J connectivity index is 1.94. The SMILES string of the molecule is Cc1ccc(OCCC(=O)Oc2cc(F)ccc2[N+](=O)[O-])c(C)c1. The number of nitro benzene ring substituents is 1. The maximum atomic E-state index is 13.2. The third kappa shape index (κ3) is 4.52. The number of rotatable bonds is 6. The second-order valence-corrected chi connectivity index (χ2v) is 5.21. The Morgan fingerprint density at radius 1 is 1.17 bits per heavy atom. The van der Waals surface area contributed by atoms with Crippen LogP contribution in [-0.4, -0.2) is 17.5 Å². The van der Waals surface area contributed by atoms with Gasteiger partial charge in [0.15, 0.2) is 0 Å². The second kappa shape index (κ2) is 7.54. The molecule has 0 aromatic heterocycles. The van der Waals surface area contributed by atoms with Gasteiger partial charge in [0.1, 0.15) is 11.6 Å². The largest absolute Gasteiger partial charge is 0.493 e. The highest BCUT2D eigenvalue weighted by Crippen LogP contribution is 2.27. The van der Waals surface area contributed by atoms with Gasteiger partial charge in [0, 0.05) is 12.1 Å². The van der Waals surface area contributed by atoms with Gasteiger partial charge in [-0.1, -0.05) is 17.7 Å². The molecular formula is C17H16FNO5. The van der Waals surface area contributed by atoms with E-state index >= 15 is 0 Å². The molecule has 0 aliphatic carbocycles. The molecule has 0 atom stereocenters. The van der Waals surface area contributed by atoms with Crippen molar-refractivity contribution in [1.29, 1.82) is 0 Å². The molecule has 2 rings (SSSR count). The predicted octanol–water partition coefficient (Wildman–Crippen LogP) is 3.73. The van der Waals surface area contributed by atoms with Crippen molar-refractivity contribution in [3.63, 3.8) is 0 Å². The van der Waals surface area contributed by atoms with E-state index in [-0.39, 0.29) is 13.0 Å². The molecule has 0 aliphatic heterocycles. The molecule has 2 aromatic rings. The Morgan fingerprint density at radius 3 is 2.58 bits per heavy atom. The zero-order chi connectivity index (χ0) is 17.7. The lowest BCUT2D eigenvalue weighted by atomic mass is 10.1. The molecule has 0 radical (unpaired) electrons. The number of nitro groups is 1. The second-order valence-electron chi connectivity index (χ2n) is 5.21. The molecule has 6 nitrogen and oxygen atoms in total. The van der Waals surface area contributed by atoms with Gasteiger partial charge in [-0.25, -0.2) is 4.39 Å². The summed E-state index contributed by atoms with van der Waals surface area (Å²) in [5.74, 6) is -1.25. The fourth-order valence-electron chi connectivity index (χ4n) is 2.10. The number of esters is 1. The number of halogens is 1. The number of hydrogen-bond acceptors (Lipinski definition) is 5. The van der Waals surface area contributed by atoms with Crippen LogP contribution in [0.25, 0.3) is 0 Å². The molecular weight excluding hydrogens is 317 g/mol. The first-order valence-corrected chi connectivity index (χ1v) is 7.21. The van der Waals surface area contributed by atoms with Crippen molar-refractivity contribution in [2.75, 3.05) is 6.61 Å². The zero-order valence-corrected chi connectivity index (χ0v) is 13.2. The van der Waals surface area contributed by atoms with E-state index in [1.54, 1.807) is 6.07 Å². The third-order valence-electron chi connectivity index (χ3n) is 3.24. The van der Waals surface area contributed by atoms with E-state index in [0.717, 1.165) is 29.3 Å². The van der Waals surface area contributed by atoms with E-state index in [0.29, 0.717) is 5.75 Å². The molecule has 126 valence electrons. The minimum absolute atomic E-state index is 0.0475. The minimum Gasteiger partial charge on any atom is -0.493 e. The first-order chi connectivity index (χ1) is 11.4. The summed E-state index contributed by atoms with van der Waals surface area (Å²) in [6.07, 6.45) is -0.124. The monoisotopic (exact) mass is 333 g/mol. The average molecular weight is 333 g/mol. The first-order valence-electron chi connectivity index (χ1n) is 7.21. The van der Waals surface area contributed by atoms with Crippen LogP contribution in [0, 0.1) is 29.8 Å². The van der Waals surface area contributed by atoms with Crippen LogP contribution in [-0.2, 0) is 4.79 Å². The van der Waals surface area contributed by atoms with Crippen LogP contribution < -0.4 is 9.47 Å². The van der Waals surface area contributed by atoms with Crippen LogP contribution in [0.1, 0.15) is 17.5 Å². The van der Waals surface area contributed by atoms with E-state index in [2.05, 4.69) is 0 Å². The van der Waals surface area contributed by atoms with Crippen LogP contribution in [0.5, 0.6) is 11.5 Å². The van der Waals surface area contributed by atoms with Crippen LogP contribution in [0.15, 0.2) is 36.4 Å². The molecule has 0 N–H and O–H groups in total.